The molecule has 0 unspecified atom stereocenters. The fourth-order valence-corrected chi connectivity index (χ4v) is 3.10. The Balaban J connectivity index is 0.000000884. The zero-order chi connectivity index (χ0) is 23.2. The molecule has 0 amide bonds. The normalized spacial score (nSPS) is 9.52. The molecule has 3 aromatic rings. The highest BCUT2D eigenvalue weighted by atomic mass is 35.5. The second-order valence-electron chi connectivity index (χ2n) is 5.64. The predicted octanol–water partition coefficient (Wildman–Crippen LogP) is 7.10. The van der Waals surface area contributed by atoms with Gasteiger partial charge in [0.1, 0.15) is 11.4 Å². The van der Waals surface area contributed by atoms with Gasteiger partial charge in [0.15, 0.2) is 12.0 Å². The van der Waals surface area contributed by atoms with Crippen LogP contribution in [0.4, 0.5) is 5.69 Å². The smallest absolute Gasteiger partial charge is 0.243 e. The van der Waals surface area contributed by atoms with Crippen LogP contribution in [0.15, 0.2) is 53.7 Å². The van der Waals surface area contributed by atoms with Crippen LogP contribution in [0.25, 0.3) is 0 Å². The number of ether oxygens (including phenoxy) is 2. The number of carbonyl (C=O) groups excluding carboxylic acids is 1. The van der Waals surface area contributed by atoms with Gasteiger partial charge in [0, 0.05) is 36.5 Å². The molecule has 1 aromatic carbocycles. The third-order valence-electron chi connectivity index (χ3n) is 3.36. The molecule has 0 bridgehead atoms. The van der Waals surface area contributed by atoms with Crippen LogP contribution in [0.2, 0.25) is 10.0 Å². The molecule has 2 heterocycles. The number of aromatic nitrogens is 2. The minimum absolute atomic E-state index is 0.188. The van der Waals surface area contributed by atoms with Gasteiger partial charge < -0.3 is 14.2 Å². The summed E-state index contributed by atoms with van der Waals surface area (Å²) in [6.07, 6.45) is 3.61. The van der Waals surface area contributed by atoms with E-state index in [1.165, 1.54) is 24.3 Å². The van der Waals surface area contributed by atoms with Crippen molar-refractivity contribution in [2.45, 2.75) is 25.7 Å². The Hall–Kier alpha value is -2.32. The highest BCUT2D eigenvalue weighted by Gasteiger charge is 2.12. The summed E-state index contributed by atoms with van der Waals surface area (Å²) in [6, 6.07) is 10.7. The number of halogens is 2. The highest BCUT2D eigenvalue weighted by Crippen LogP contribution is 2.34. The van der Waals surface area contributed by atoms with E-state index in [9.17, 15) is 4.79 Å². The number of methoxy groups -OCH3 is 1. The SMILES string of the molecule is CC.COC.Cc1ccc(SNc2cc(Cl)cnc2Oc2cccnc2C=O)cc1Cl. The van der Waals surface area contributed by atoms with Crippen molar-refractivity contribution < 1.29 is 14.3 Å². The summed E-state index contributed by atoms with van der Waals surface area (Å²) in [5.74, 6) is 0.583. The van der Waals surface area contributed by atoms with E-state index in [4.69, 9.17) is 27.9 Å². The molecule has 9 heteroatoms. The van der Waals surface area contributed by atoms with Crippen LogP contribution in [0.5, 0.6) is 11.6 Å². The third-order valence-corrected chi connectivity index (χ3v) is 4.78. The van der Waals surface area contributed by atoms with E-state index in [1.54, 1.807) is 32.4 Å². The first kappa shape index (κ1) is 26.7. The molecule has 31 heavy (non-hydrogen) atoms. The van der Waals surface area contributed by atoms with Crippen molar-refractivity contribution in [1.82, 2.24) is 9.97 Å². The summed E-state index contributed by atoms with van der Waals surface area (Å²) in [5.41, 5.74) is 1.75. The molecule has 0 atom stereocenters. The Morgan fingerprint density at radius 3 is 2.45 bits per heavy atom. The molecule has 6 nitrogen and oxygen atoms in total. The predicted molar refractivity (Wildman–Crippen MR) is 129 cm³/mol. The number of pyridine rings is 2. The lowest BCUT2D eigenvalue weighted by Gasteiger charge is -2.12. The zero-order valence-corrected chi connectivity index (χ0v) is 20.3. The lowest BCUT2D eigenvalue weighted by Crippen LogP contribution is -1.98. The minimum Gasteiger partial charge on any atom is -0.435 e. The molecule has 166 valence electrons. The van der Waals surface area contributed by atoms with Crippen molar-refractivity contribution >= 4 is 47.1 Å². The maximum absolute atomic E-state index is 11.1. The molecule has 0 saturated heterocycles. The van der Waals surface area contributed by atoms with Crippen LogP contribution in [0.3, 0.4) is 0 Å². The van der Waals surface area contributed by atoms with E-state index in [-0.39, 0.29) is 11.6 Å². The molecular formula is C22H25Cl2N3O3S. The maximum atomic E-state index is 11.1. The number of rotatable bonds is 6. The van der Waals surface area contributed by atoms with Crippen molar-refractivity contribution in [3.63, 3.8) is 0 Å². The first-order valence-corrected chi connectivity index (χ1v) is 10.9. The summed E-state index contributed by atoms with van der Waals surface area (Å²) in [6.45, 7) is 5.94. The van der Waals surface area contributed by atoms with Gasteiger partial charge in [-0.25, -0.2) is 9.97 Å². The van der Waals surface area contributed by atoms with E-state index in [0.717, 1.165) is 10.5 Å². The molecule has 0 aliphatic carbocycles. The van der Waals surface area contributed by atoms with Crippen LogP contribution in [0.1, 0.15) is 29.9 Å². The number of hydrogen-bond acceptors (Lipinski definition) is 7. The summed E-state index contributed by atoms with van der Waals surface area (Å²) < 4.78 is 13.2. The Morgan fingerprint density at radius 2 is 1.81 bits per heavy atom. The standard InChI is InChI=1S/C18H13Cl2N3O2S.C2H6O.C2H6/c1-11-4-5-13(8-14(11)20)26-23-15-7-12(19)9-22-18(15)25-17-3-2-6-21-16(17)10-24;1-3-2;1-2/h2-10,23H,1H3;1-2H3;1-2H3. The molecule has 0 aliphatic heterocycles. The molecule has 2 aromatic heterocycles. The number of nitrogens with zero attached hydrogens (tertiary/aromatic N) is 2. The number of aldehydes is 1. The second kappa shape index (κ2) is 14.6. The zero-order valence-electron chi connectivity index (χ0n) is 18.0. The largest absolute Gasteiger partial charge is 0.435 e. The third kappa shape index (κ3) is 8.75. The number of benzene rings is 1. The summed E-state index contributed by atoms with van der Waals surface area (Å²) in [7, 11) is 3.25. The van der Waals surface area contributed by atoms with E-state index in [0.29, 0.717) is 27.8 Å². The van der Waals surface area contributed by atoms with Gasteiger partial charge in [0.25, 0.3) is 0 Å². The Bertz CT molecular complexity index is 974. The Labute approximate surface area is 197 Å². The van der Waals surface area contributed by atoms with Crippen LogP contribution in [-0.4, -0.2) is 30.5 Å². The monoisotopic (exact) mass is 481 g/mol. The summed E-state index contributed by atoms with van der Waals surface area (Å²) in [5, 5.41) is 1.13. The van der Waals surface area contributed by atoms with Gasteiger partial charge in [-0.3, -0.25) is 4.79 Å². The van der Waals surface area contributed by atoms with E-state index in [1.807, 2.05) is 39.0 Å². The second-order valence-corrected chi connectivity index (χ2v) is 7.36. The molecule has 0 fully saturated rings. The molecule has 1 N–H and O–H groups in total. The Kier molecular flexibility index (Phi) is 12.6. The van der Waals surface area contributed by atoms with Gasteiger partial charge in [-0.15, -0.1) is 0 Å². The molecule has 0 saturated carbocycles. The van der Waals surface area contributed by atoms with Crippen LogP contribution < -0.4 is 9.46 Å². The van der Waals surface area contributed by atoms with E-state index in [2.05, 4.69) is 19.4 Å². The van der Waals surface area contributed by atoms with Crippen LogP contribution in [-0.2, 0) is 4.74 Å². The summed E-state index contributed by atoms with van der Waals surface area (Å²) >= 11 is 13.5. The molecular weight excluding hydrogens is 457 g/mol. The van der Waals surface area contributed by atoms with Crippen LogP contribution >= 0.6 is 35.1 Å². The average Bonchev–Trinajstić information content (AvgIpc) is 2.78. The lowest BCUT2D eigenvalue weighted by atomic mass is 10.2. The first-order chi connectivity index (χ1) is 15.0. The number of hydrogen-bond donors (Lipinski definition) is 1. The average molecular weight is 482 g/mol. The van der Waals surface area contributed by atoms with Crippen LogP contribution in [0, 0.1) is 6.92 Å². The summed E-state index contributed by atoms with van der Waals surface area (Å²) in [4.78, 5) is 20.2. The maximum Gasteiger partial charge on any atom is 0.243 e. The minimum atomic E-state index is 0.188. The van der Waals surface area contributed by atoms with Gasteiger partial charge in [-0.05, 0) is 54.8 Å². The molecule has 0 radical (unpaired) electrons. The molecule has 0 aliphatic rings. The molecule has 3 rings (SSSR count). The van der Waals surface area contributed by atoms with E-state index < -0.39 is 0 Å². The van der Waals surface area contributed by atoms with Crippen molar-refractivity contribution in [3.05, 3.63) is 70.1 Å². The fourth-order valence-electron chi connectivity index (χ4n) is 2.01. The van der Waals surface area contributed by atoms with Gasteiger partial charge in [0.2, 0.25) is 5.88 Å². The Morgan fingerprint density at radius 1 is 1.10 bits per heavy atom. The van der Waals surface area contributed by atoms with E-state index >= 15 is 0 Å². The lowest BCUT2D eigenvalue weighted by molar-refractivity contribution is 0.111. The number of aryl methyl sites for hydroxylation is 1. The van der Waals surface area contributed by atoms with Gasteiger partial charge >= 0.3 is 0 Å². The number of carbonyl (C=O) groups is 1. The first-order valence-electron chi connectivity index (χ1n) is 9.31. The quantitative estimate of drug-likeness (QED) is 0.297. The topological polar surface area (TPSA) is 73.3 Å². The van der Waals surface area contributed by atoms with Crippen molar-refractivity contribution in [2.75, 3.05) is 18.9 Å². The fraction of sp³-hybridized carbons (Fsp3) is 0.227. The highest BCUT2D eigenvalue weighted by molar-refractivity contribution is 8.00. The van der Waals surface area contributed by atoms with Crippen molar-refractivity contribution in [2.24, 2.45) is 0 Å². The van der Waals surface area contributed by atoms with Crippen molar-refractivity contribution in [1.29, 1.82) is 0 Å². The number of nitrogens with one attached hydrogen (secondary N) is 1. The number of anilines is 1. The van der Waals surface area contributed by atoms with Gasteiger partial charge in [-0.2, -0.15) is 0 Å². The molecule has 0 spiro atoms. The van der Waals surface area contributed by atoms with Gasteiger partial charge in [-0.1, -0.05) is 43.1 Å². The van der Waals surface area contributed by atoms with Gasteiger partial charge in [0.05, 0.1) is 5.02 Å². The van der Waals surface area contributed by atoms with Crippen molar-refractivity contribution in [3.8, 4) is 11.6 Å².